The molecular weight excluding hydrogens is 296 g/mol. The lowest BCUT2D eigenvalue weighted by atomic mass is 9.86. The lowest BCUT2D eigenvalue weighted by molar-refractivity contribution is 0.0611. The highest BCUT2D eigenvalue weighted by molar-refractivity contribution is 5.70. The summed E-state index contributed by atoms with van der Waals surface area (Å²) in [5.41, 5.74) is 0. The topological polar surface area (TPSA) is 59.1 Å². The van der Waals surface area contributed by atoms with Gasteiger partial charge in [-0.3, -0.25) is 0 Å². The van der Waals surface area contributed by atoms with Crippen LogP contribution >= 0.6 is 0 Å². The first-order chi connectivity index (χ1) is 11.2. The van der Waals surface area contributed by atoms with E-state index in [0.29, 0.717) is 39.4 Å². The molecule has 6 nitrogen and oxygen atoms in total. The Balaban J connectivity index is 1.56. The number of carbonyl (C=O) groups is 2. The minimum absolute atomic E-state index is 0.253. The van der Waals surface area contributed by atoms with Gasteiger partial charge in [-0.1, -0.05) is 32.1 Å². The van der Waals surface area contributed by atoms with Crippen molar-refractivity contribution in [2.75, 3.05) is 39.4 Å². The zero-order valence-electron chi connectivity index (χ0n) is 14.3. The third kappa shape index (κ3) is 5.92. The van der Waals surface area contributed by atoms with Gasteiger partial charge in [0.1, 0.15) is 0 Å². The van der Waals surface area contributed by atoms with Crippen molar-refractivity contribution in [2.45, 2.75) is 51.9 Å². The minimum Gasteiger partial charge on any atom is -0.450 e. The summed E-state index contributed by atoms with van der Waals surface area (Å²) < 4.78 is 10.3. The summed E-state index contributed by atoms with van der Waals surface area (Å²) in [6.45, 7) is 4.72. The number of hydrogen-bond acceptors (Lipinski definition) is 4. The fraction of sp³-hybridized carbons (Fsp3) is 0.882. The second kappa shape index (κ2) is 9.63. The molecule has 23 heavy (non-hydrogen) atoms. The van der Waals surface area contributed by atoms with Crippen molar-refractivity contribution in [3.63, 3.8) is 0 Å². The summed E-state index contributed by atoms with van der Waals surface area (Å²) >= 11 is 0. The van der Waals surface area contributed by atoms with Crippen molar-refractivity contribution < 1.29 is 19.1 Å². The molecule has 0 aromatic carbocycles. The maximum atomic E-state index is 12.0. The number of nitrogens with zero attached hydrogens (tertiary/aromatic N) is 2. The Kier molecular flexibility index (Phi) is 7.49. The molecule has 2 aliphatic rings. The maximum absolute atomic E-state index is 12.0. The fourth-order valence-electron chi connectivity index (χ4n) is 3.38. The van der Waals surface area contributed by atoms with Crippen LogP contribution in [0.4, 0.5) is 9.59 Å². The smallest absolute Gasteiger partial charge is 0.409 e. The van der Waals surface area contributed by atoms with Gasteiger partial charge in [0.15, 0.2) is 0 Å². The van der Waals surface area contributed by atoms with Crippen LogP contribution in [0.2, 0.25) is 0 Å². The van der Waals surface area contributed by atoms with Gasteiger partial charge < -0.3 is 19.3 Å². The van der Waals surface area contributed by atoms with E-state index in [0.717, 1.165) is 12.3 Å². The van der Waals surface area contributed by atoms with E-state index in [-0.39, 0.29) is 12.2 Å². The van der Waals surface area contributed by atoms with Gasteiger partial charge in [0.2, 0.25) is 0 Å². The zero-order valence-corrected chi connectivity index (χ0v) is 14.3. The van der Waals surface area contributed by atoms with Crippen molar-refractivity contribution in [1.29, 1.82) is 0 Å². The Morgan fingerprint density at radius 1 is 0.913 bits per heavy atom. The molecule has 0 aromatic rings. The van der Waals surface area contributed by atoms with Gasteiger partial charge >= 0.3 is 12.2 Å². The highest BCUT2D eigenvalue weighted by atomic mass is 16.6. The van der Waals surface area contributed by atoms with Crippen molar-refractivity contribution in [3.05, 3.63) is 0 Å². The summed E-state index contributed by atoms with van der Waals surface area (Å²) in [6, 6.07) is 0. The SMILES string of the molecule is CCOC(=O)N1CCN(C(=O)OCCCC2CCCCC2)CC1. The fourth-order valence-corrected chi connectivity index (χ4v) is 3.38. The van der Waals surface area contributed by atoms with Crippen LogP contribution in [0.3, 0.4) is 0 Å². The first-order valence-electron chi connectivity index (χ1n) is 9.04. The third-order valence-corrected chi connectivity index (χ3v) is 4.77. The third-order valence-electron chi connectivity index (χ3n) is 4.77. The van der Waals surface area contributed by atoms with Crippen LogP contribution < -0.4 is 0 Å². The average Bonchev–Trinajstić information content (AvgIpc) is 2.60. The molecule has 2 amide bonds. The molecule has 1 aliphatic heterocycles. The van der Waals surface area contributed by atoms with Gasteiger partial charge in [-0.05, 0) is 25.7 Å². The van der Waals surface area contributed by atoms with Crippen molar-refractivity contribution in [3.8, 4) is 0 Å². The van der Waals surface area contributed by atoms with E-state index in [1.165, 1.54) is 38.5 Å². The Labute approximate surface area is 139 Å². The number of carbonyl (C=O) groups excluding carboxylic acids is 2. The number of hydrogen-bond donors (Lipinski definition) is 0. The predicted molar refractivity (Wildman–Crippen MR) is 87.3 cm³/mol. The second-order valence-corrected chi connectivity index (χ2v) is 6.43. The van der Waals surface area contributed by atoms with Crippen LogP contribution in [0, 0.1) is 5.92 Å². The van der Waals surface area contributed by atoms with E-state index in [9.17, 15) is 9.59 Å². The standard InChI is InChI=1S/C17H30N2O4/c1-2-22-16(20)18-10-12-19(13-11-18)17(21)23-14-6-9-15-7-4-3-5-8-15/h15H,2-14H2,1H3. The van der Waals surface area contributed by atoms with Crippen LogP contribution in [-0.2, 0) is 9.47 Å². The van der Waals surface area contributed by atoms with Gasteiger partial charge in [0, 0.05) is 26.2 Å². The largest absolute Gasteiger partial charge is 0.450 e. The van der Waals surface area contributed by atoms with Crippen LogP contribution in [0.5, 0.6) is 0 Å². The van der Waals surface area contributed by atoms with Crippen LogP contribution in [-0.4, -0.2) is 61.4 Å². The minimum atomic E-state index is -0.298. The van der Waals surface area contributed by atoms with E-state index in [2.05, 4.69) is 0 Å². The van der Waals surface area contributed by atoms with E-state index in [1.807, 2.05) is 0 Å². The molecule has 2 rings (SSSR count). The van der Waals surface area contributed by atoms with Crippen molar-refractivity contribution in [2.24, 2.45) is 5.92 Å². The normalized spacial score (nSPS) is 19.5. The van der Waals surface area contributed by atoms with E-state index < -0.39 is 0 Å². The van der Waals surface area contributed by atoms with Crippen LogP contribution in [0.25, 0.3) is 0 Å². The molecule has 0 aromatic heterocycles. The molecule has 0 unspecified atom stereocenters. The van der Waals surface area contributed by atoms with Gasteiger partial charge in [-0.15, -0.1) is 0 Å². The summed E-state index contributed by atoms with van der Waals surface area (Å²) in [6.07, 6.45) is 8.34. The zero-order chi connectivity index (χ0) is 16.5. The molecule has 0 spiro atoms. The maximum Gasteiger partial charge on any atom is 0.409 e. The molecule has 2 fully saturated rings. The first kappa shape index (κ1) is 17.9. The molecule has 0 bridgehead atoms. The van der Waals surface area contributed by atoms with Crippen molar-refractivity contribution >= 4 is 12.2 Å². The first-order valence-corrected chi connectivity index (χ1v) is 9.04. The molecule has 6 heteroatoms. The Morgan fingerprint density at radius 3 is 2.04 bits per heavy atom. The van der Waals surface area contributed by atoms with E-state index >= 15 is 0 Å². The molecule has 1 saturated heterocycles. The van der Waals surface area contributed by atoms with E-state index in [4.69, 9.17) is 9.47 Å². The van der Waals surface area contributed by atoms with Crippen LogP contribution in [0.15, 0.2) is 0 Å². The summed E-state index contributed by atoms with van der Waals surface area (Å²) in [7, 11) is 0. The summed E-state index contributed by atoms with van der Waals surface area (Å²) in [4.78, 5) is 26.9. The highest BCUT2D eigenvalue weighted by Gasteiger charge is 2.25. The quantitative estimate of drug-likeness (QED) is 0.728. The molecule has 1 heterocycles. The Morgan fingerprint density at radius 2 is 1.48 bits per heavy atom. The lowest BCUT2D eigenvalue weighted by Crippen LogP contribution is -2.50. The van der Waals surface area contributed by atoms with Gasteiger partial charge in [-0.2, -0.15) is 0 Å². The molecule has 0 N–H and O–H groups in total. The predicted octanol–water partition coefficient (Wildman–Crippen LogP) is 3.26. The molecule has 0 atom stereocenters. The summed E-state index contributed by atoms with van der Waals surface area (Å²) in [5, 5.41) is 0. The van der Waals surface area contributed by atoms with E-state index in [1.54, 1.807) is 16.7 Å². The molecule has 0 radical (unpaired) electrons. The lowest BCUT2D eigenvalue weighted by Gasteiger charge is -2.33. The van der Waals surface area contributed by atoms with Gasteiger partial charge in [0.05, 0.1) is 13.2 Å². The molecule has 1 aliphatic carbocycles. The summed E-state index contributed by atoms with van der Waals surface area (Å²) in [5.74, 6) is 0.829. The number of rotatable bonds is 5. The molecule has 132 valence electrons. The van der Waals surface area contributed by atoms with Gasteiger partial charge in [-0.25, -0.2) is 9.59 Å². The Bertz CT molecular complexity index is 375. The van der Waals surface area contributed by atoms with Crippen molar-refractivity contribution in [1.82, 2.24) is 9.80 Å². The van der Waals surface area contributed by atoms with Crippen LogP contribution in [0.1, 0.15) is 51.9 Å². The second-order valence-electron chi connectivity index (χ2n) is 6.43. The van der Waals surface area contributed by atoms with Gasteiger partial charge in [0.25, 0.3) is 0 Å². The highest BCUT2D eigenvalue weighted by Crippen LogP contribution is 2.27. The number of piperazine rings is 1. The number of ether oxygens (including phenoxy) is 2. The average molecular weight is 326 g/mol. The Hall–Kier alpha value is -1.46. The monoisotopic (exact) mass is 326 g/mol. The molecular formula is C17H30N2O4. The number of amides is 2. The molecule has 1 saturated carbocycles.